The minimum atomic E-state index is 0.704. The molecule has 0 bridgehead atoms. The summed E-state index contributed by atoms with van der Waals surface area (Å²) in [6.45, 7) is 0.704. The van der Waals surface area contributed by atoms with E-state index >= 15 is 0 Å². The quantitative estimate of drug-likeness (QED) is 0.843. The summed E-state index contributed by atoms with van der Waals surface area (Å²) in [5.74, 6) is 0.812. The summed E-state index contributed by atoms with van der Waals surface area (Å²) >= 11 is 0. The molecule has 1 heterocycles. The summed E-state index contributed by atoms with van der Waals surface area (Å²) in [7, 11) is 0. The molecule has 0 aromatic heterocycles. The highest BCUT2D eigenvalue weighted by Crippen LogP contribution is 2.17. The minimum Gasteiger partial charge on any atom is -0.296 e. The molecule has 1 fully saturated rings. The number of hydrazine groups is 1. The third-order valence-corrected chi connectivity index (χ3v) is 2.75. The second kappa shape index (κ2) is 4.89. The summed E-state index contributed by atoms with van der Waals surface area (Å²) in [5.41, 5.74) is 8.22. The Morgan fingerprint density at radius 3 is 2.28 bits per heavy atom. The number of nitrogens with one attached hydrogen (secondary N) is 2. The third kappa shape index (κ3) is 2.19. The van der Waals surface area contributed by atoms with E-state index in [4.69, 9.17) is 0 Å². The predicted octanol–water partition coefficient (Wildman–Crippen LogP) is 2.25. The summed E-state index contributed by atoms with van der Waals surface area (Å²) in [6, 6.07) is 20.1. The molecule has 1 aliphatic heterocycles. The number of hydrogen-bond donors (Lipinski definition) is 2. The van der Waals surface area contributed by atoms with Gasteiger partial charge in [0.1, 0.15) is 0 Å². The summed E-state index contributed by atoms with van der Waals surface area (Å²) < 4.78 is 0. The first kappa shape index (κ1) is 10.8. The van der Waals surface area contributed by atoms with E-state index in [1.54, 1.807) is 0 Å². The molecule has 0 unspecified atom stereocenters. The molecule has 0 spiro atoms. The third-order valence-electron chi connectivity index (χ3n) is 2.75. The van der Waals surface area contributed by atoms with Crippen LogP contribution in [-0.4, -0.2) is 12.6 Å². The molecule has 1 aliphatic rings. The molecular formula is C14H14N4. The van der Waals surface area contributed by atoms with Gasteiger partial charge < -0.3 is 0 Å². The Hall–Kier alpha value is -2.33. The van der Waals surface area contributed by atoms with Crippen molar-refractivity contribution >= 4 is 17.3 Å². The van der Waals surface area contributed by atoms with Crippen molar-refractivity contribution in [2.75, 3.05) is 11.6 Å². The van der Waals surface area contributed by atoms with Gasteiger partial charge in [0.25, 0.3) is 0 Å². The smallest absolute Gasteiger partial charge is 0.219 e. The van der Waals surface area contributed by atoms with Crippen molar-refractivity contribution in [1.29, 1.82) is 0 Å². The average molecular weight is 238 g/mol. The number of benzene rings is 2. The summed E-state index contributed by atoms with van der Waals surface area (Å²) in [5, 5.41) is 0. The highest BCUT2D eigenvalue weighted by Gasteiger charge is 2.18. The van der Waals surface area contributed by atoms with Gasteiger partial charge in [-0.25, -0.2) is 10.4 Å². The molecule has 0 amide bonds. The fourth-order valence-corrected chi connectivity index (χ4v) is 1.87. The van der Waals surface area contributed by atoms with Crippen molar-refractivity contribution in [2.24, 2.45) is 4.99 Å². The molecule has 90 valence electrons. The lowest BCUT2D eigenvalue weighted by Crippen LogP contribution is -2.30. The van der Waals surface area contributed by atoms with Crippen LogP contribution in [0, 0.1) is 0 Å². The van der Waals surface area contributed by atoms with Crippen LogP contribution in [0.1, 0.15) is 0 Å². The molecule has 0 aliphatic carbocycles. The first-order valence-electron chi connectivity index (χ1n) is 5.89. The number of para-hydroxylation sites is 2. The van der Waals surface area contributed by atoms with Gasteiger partial charge in [-0.15, -0.1) is 0 Å². The van der Waals surface area contributed by atoms with Gasteiger partial charge in [0.15, 0.2) is 0 Å². The van der Waals surface area contributed by atoms with E-state index in [0.717, 1.165) is 17.3 Å². The van der Waals surface area contributed by atoms with Gasteiger partial charge >= 0.3 is 0 Å². The van der Waals surface area contributed by atoms with Gasteiger partial charge in [0.2, 0.25) is 5.96 Å². The molecule has 0 radical (unpaired) electrons. The molecule has 4 nitrogen and oxygen atoms in total. The van der Waals surface area contributed by atoms with Crippen LogP contribution in [-0.2, 0) is 0 Å². The van der Waals surface area contributed by atoms with E-state index in [2.05, 4.69) is 32.9 Å². The standard InChI is InChI=1S/C14H14N4/c1-3-7-12(8-4-1)16-14-17-15-11-18(14)13-9-5-2-6-10-13/h1-10,15H,11H2,(H,16,17). The van der Waals surface area contributed by atoms with Gasteiger partial charge in [-0.1, -0.05) is 36.4 Å². The number of rotatable bonds is 2. The SMILES string of the molecule is c1ccc(N=C2NNCN2c2ccccc2)cc1. The molecule has 18 heavy (non-hydrogen) atoms. The largest absolute Gasteiger partial charge is 0.296 e. The summed E-state index contributed by atoms with van der Waals surface area (Å²) in [4.78, 5) is 6.68. The molecule has 2 aromatic carbocycles. The van der Waals surface area contributed by atoms with Crippen LogP contribution in [0.3, 0.4) is 0 Å². The number of nitrogens with zero attached hydrogens (tertiary/aromatic N) is 2. The Morgan fingerprint density at radius 1 is 0.889 bits per heavy atom. The van der Waals surface area contributed by atoms with E-state index in [1.807, 2.05) is 48.5 Å². The maximum absolute atomic E-state index is 4.58. The lowest BCUT2D eigenvalue weighted by molar-refractivity contribution is 0.741. The Labute approximate surface area is 106 Å². The van der Waals surface area contributed by atoms with Crippen molar-refractivity contribution in [2.45, 2.75) is 0 Å². The van der Waals surface area contributed by atoms with Crippen LogP contribution >= 0.6 is 0 Å². The molecular weight excluding hydrogens is 224 g/mol. The van der Waals surface area contributed by atoms with E-state index in [1.165, 1.54) is 0 Å². The Bertz CT molecular complexity index is 536. The molecule has 1 saturated heterocycles. The molecule has 0 saturated carbocycles. The lowest BCUT2D eigenvalue weighted by atomic mass is 10.3. The highest BCUT2D eigenvalue weighted by molar-refractivity contribution is 5.98. The highest BCUT2D eigenvalue weighted by atomic mass is 15.6. The number of aliphatic imine (C=N–C) groups is 1. The van der Waals surface area contributed by atoms with Crippen LogP contribution in [0.25, 0.3) is 0 Å². The number of anilines is 1. The van der Waals surface area contributed by atoms with Crippen LogP contribution in [0.5, 0.6) is 0 Å². The molecule has 2 aromatic rings. The second-order valence-corrected chi connectivity index (χ2v) is 3.99. The first-order chi connectivity index (χ1) is 8.93. The first-order valence-corrected chi connectivity index (χ1v) is 5.89. The zero-order valence-electron chi connectivity index (χ0n) is 9.88. The average Bonchev–Trinajstić information content (AvgIpc) is 2.89. The van der Waals surface area contributed by atoms with Crippen molar-refractivity contribution in [3.05, 3.63) is 60.7 Å². The van der Waals surface area contributed by atoms with Gasteiger partial charge in [-0.05, 0) is 24.3 Å². The maximum atomic E-state index is 4.58. The van der Waals surface area contributed by atoms with Crippen LogP contribution in [0.4, 0.5) is 11.4 Å². The lowest BCUT2D eigenvalue weighted by Gasteiger charge is -2.16. The molecule has 4 heteroatoms. The van der Waals surface area contributed by atoms with Crippen LogP contribution in [0.15, 0.2) is 65.7 Å². The van der Waals surface area contributed by atoms with Crippen LogP contribution < -0.4 is 15.8 Å². The van der Waals surface area contributed by atoms with Crippen molar-refractivity contribution in [3.63, 3.8) is 0 Å². The van der Waals surface area contributed by atoms with E-state index in [9.17, 15) is 0 Å². The minimum absolute atomic E-state index is 0.704. The van der Waals surface area contributed by atoms with E-state index in [-0.39, 0.29) is 0 Å². The van der Waals surface area contributed by atoms with Crippen molar-refractivity contribution in [3.8, 4) is 0 Å². The fourth-order valence-electron chi connectivity index (χ4n) is 1.87. The fraction of sp³-hybridized carbons (Fsp3) is 0.0714. The zero-order chi connectivity index (χ0) is 12.2. The monoisotopic (exact) mass is 238 g/mol. The maximum Gasteiger partial charge on any atom is 0.219 e. The number of hydrogen-bond acceptors (Lipinski definition) is 2. The van der Waals surface area contributed by atoms with Crippen molar-refractivity contribution in [1.82, 2.24) is 10.9 Å². The van der Waals surface area contributed by atoms with Crippen LogP contribution in [0.2, 0.25) is 0 Å². The van der Waals surface area contributed by atoms with Gasteiger partial charge in [-0.3, -0.25) is 10.3 Å². The Morgan fingerprint density at radius 2 is 1.56 bits per heavy atom. The Kier molecular flexibility index (Phi) is 2.94. The summed E-state index contributed by atoms with van der Waals surface area (Å²) in [6.07, 6.45) is 0. The molecule has 2 N–H and O–H groups in total. The predicted molar refractivity (Wildman–Crippen MR) is 73.6 cm³/mol. The van der Waals surface area contributed by atoms with Gasteiger partial charge in [-0.2, -0.15) is 0 Å². The van der Waals surface area contributed by atoms with E-state index in [0.29, 0.717) is 6.67 Å². The zero-order valence-corrected chi connectivity index (χ0v) is 9.88. The van der Waals surface area contributed by atoms with Gasteiger partial charge in [0.05, 0.1) is 12.4 Å². The molecule has 3 rings (SSSR count). The second-order valence-electron chi connectivity index (χ2n) is 3.99. The molecule has 0 atom stereocenters. The topological polar surface area (TPSA) is 39.7 Å². The van der Waals surface area contributed by atoms with Crippen molar-refractivity contribution < 1.29 is 0 Å². The number of guanidine groups is 1. The Balaban J connectivity index is 1.90. The van der Waals surface area contributed by atoms with E-state index < -0.39 is 0 Å². The van der Waals surface area contributed by atoms with Gasteiger partial charge in [0, 0.05) is 5.69 Å². The normalized spacial score (nSPS) is 16.9.